The molecule has 0 N–H and O–H groups in total. The standard InChI is InChI=1S/C23H25Cl2N5O3.C2H6/c1-15-26-18(29-10-6-23(7-11-29)8-12-32-14-23)13-20(31)30(15)16-3-4-17(22(25)21(16)24)33-19-5-9-28(2)27-19;1-2/h3-5,9,13H,6-8,10-12,14H2,1-2H3;1-2H3. The monoisotopic (exact) mass is 519 g/mol. The lowest BCUT2D eigenvalue weighted by atomic mass is 9.78. The van der Waals surface area contributed by atoms with Gasteiger partial charge in [0.15, 0.2) is 0 Å². The van der Waals surface area contributed by atoms with Crippen molar-refractivity contribution in [2.45, 2.75) is 40.0 Å². The first-order chi connectivity index (χ1) is 16.8. The quantitative estimate of drug-likeness (QED) is 0.458. The van der Waals surface area contributed by atoms with Crippen LogP contribution >= 0.6 is 23.2 Å². The number of benzene rings is 1. The Bertz CT molecular complexity index is 1240. The molecule has 188 valence electrons. The Labute approximate surface area is 215 Å². The summed E-state index contributed by atoms with van der Waals surface area (Å²) < 4.78 is 14.4. The van der Waals surface area contributed by atoms with E-state index in [1.165, 1.54) is 4.57 Å². The Morgan fingerprint density at radius 1 is 1.09 bits per heavy atom. The second-order valence-corrected chi connectivity index (χ2v) is 9.52. The van der Waals surface area contributed by atoms with Crippen LogP contribution in [0.25, 0.3) is 5.69 Å². The van der Waals surface area contributed by atoms with Gasteiger partial charge in [0.05, 0.1) is 17.3 Å². The smallest absolute Gasteiger partial charge is 0.260 e. The second kappa shape index (κ2) is 10.6. The molecule has 0 saturated carbocycles. The Balaban J connectivity index is 0.00000141. The zero-order valence-corrected chi connectivity index (χ0v) is 22.1. The molecule has 0 aliphatic carbocycles. The molecular formula is C25H31Cl2N5O3. The molecule has 2 saturated heterocycles. The van der Waals surface area contributed by atoms with Gasteiger partial charge in [-0.25, -0.2) is 4.98 Å². The van der Waals surface area contributed by atoms with Crippen molar-refractivity contribution < 1.29 is 9.47 Å². The average molecular weight is 520 g/mol. The Morgan fingerprint density at radius 2 is 1.83 bits per heavy atom. The Hall–Kier alpha value is -2.55. The summed E-state index contributed by atoms with van der Waals surface area (Å²) in [6.45, 7) is 9.22. The van der Waals surface area contributed by atoms with Crippen molar-refractivity contribution in [2.24, 2.45) is 12.5 Å². The van der Waals surface area contributed by atoms with Crippen LogP contribution in [0.3, 0.4) is 0 Å². The number of anilines is 1. The number of aryl methyl sites for hydroxylation is 2. The molecule has 2 aliphatic heterocycles. The fourth-order valence-corrected chi connectivity index (χ4v) is 5.06. The fourth-order valence-electron chi connectivity index (χ4n) is 4.63. The minimum absolute atomic E-state index is 0.204. The summed E-state index contributed by atoms with van der Waals surface area (Å²) in [6, 6.07) is 6.66. The van der Waals surface area contributed by atoms with E-state index in [1.807, 2.05) is 13.8 Å². The molecular weight excluding hydrogens is 489 g/mol. The second-order valence-electron chi connectivity index (χ2n) is 8.77. The van der Waals surface area contributed by atoms with Crippen LogP contribution in [0, 0.1) is 12.3 Å². The number of ether oxygens (including phenoxy) is 2. The van der Waals surface area contributed by atoms with Crippen molar-refractivity contribution >= 4 is 29.0 Å². The molecule has 0 radical (unpaired) electrons. The van der Waals surface area contributed by atoms with Crippen LogP contribution in [0.15, 0.2) is 35.3 Å². The summed E-state index contributed by atoms with van der Waals surface area (Å²) in [7, 11) is 1.79. The van der Waals surface area contributed by atoms with Crippen molar-refractivity contribution in [3.05, 3.63) is 56.7 Å². The third-order valence-electron chi connectivity index (χ3n) is 6.58. The molecule has 0 bridgehead atoms. The highest BCUT2D eigenvalue weighted by Crippen LogP contribution is 2.40. The molecule has 4 heterocycles. The third-order valence-corrected chi connectivity index (χ3v) is 7.43. The molecule has 35 heavy (non-hydrogen) atoms. The third kappa shape index (κ3) is 5.20. The van der Waals surface area contributed by atoms with Crippen LogP contribution in [-0.2, 0) is 11.8 Å². The number of halogens is 2. The summed E-state index contributed by atoms with van der Waals surface area (Å²) in [6.07, 6.45) is 4.99. The lowest BCUT2D eigenvalue weighted by molar-refractivity contribution is 0.133. The van der Waals surface area contributed by atoms with E-state index in [9.17, 15) is 4.79 Å². The van der Waals surface area contributed by atoms with Crippen molar-refractivity contribution in [2.75, 3.05) is 31.2 Å². The maximum Gasteiger partial charge on any atom is 0.260 e. The van der Waals surface area contributed by atoms with Crippen LogP contribution in [-0.4, -0.2) is 45.6 Å². The highest BCUT2D eigenvalue weighted by Gasteiger charge is 2.38. The Morgan fingerprint density at radius 3 is 2.43 bits per heavy atom. The maximum absolute atomic E-state index is 13.1. The van der Waals surface area contributed by atoms with Gasteiger partial charge in [-0.2, -0.15) is 0 Å². The Kier molecular flexibility index (Phi) is 7.73. The van der Waals surface area contributed by atoms with Gasteiger partial charge in [-0.15, -0.1) is 5.10 Å². The van der Waals surface area contributed by atoms with E-state index < -0.39 is 0 Å². The number of rotatable bonds is 4. The predicted molar refractivity (Wildman–Crippen MR) is 139 cm³/mol. The van der Waals surface area contributed by atoms with Gasteiger partial charge in [0.1, 0.15) is 22.4 Å². The summed E-state index contributed by atoms with van der Waals surface area (Å²) in [4.78, 5) is 20.0. The first kappa shape index (κ1) is 25.5. The highest BCUT2D eigenvalue weighted by atomic mass is 35.5. The summed E-state index contributed by atoms with van der Waals surface area (Å²) >= 11 is 13.0. The molecule has 2 aromatic heterocycles. The van der Waals surface area contributed by atoms with Crippen molar-refractivity contribution in [1.82, 2.24) is 19.3 Å². The van der Waals surface area contributed by atoms with Gasteiger partial charge in [-0.05, 0) is 43.7 Å². The van der Waals surface area contributed by atoms with Gasteiger partial charge in [-0.3, -0.25) is 14.0 Å². The molecule has 0 unspecified atom stereocenters. The van der Waals surface area contributed by atoms with Gasteiger partial charge in [0.2, 0.25) is 5.88 Å². The molecule has 0 atom stereocenters. The molecule has 2 fully saturated rings. The first-order valence-electron chi connectivity index (χ1n) is 11.9. The van der Waals surface area contributed by atoms with Crippen LogP contribution in [0.4, 0.5) is 5.82 Å². The van der Waals surface area contributed by atoms with Crippen LogP contribution in [0.2, 0.25) is 10.0 Å². The summed E-state index contributed by atoms with van der Waals surface area (Å²) in [5.74, 6) is 1.99. The molecule has 1 aromatic carbocycles. The maximum atomic E-state index is 13.1. The largest absolute Gasteiger partial charge is 0.436 e. The molecule has 1 spiro atoms. The number of piperidine rings is 1. The number of aromatic nitrogens is 4. The van der Waals surface area contributed by atoms with Crippen molar-refractivity contribution in [3.63, 3.8) is 0 Å². The van der Waals surface area contributed by atoms with E-state index in [0.29, 0.717) is 34.4 Å². The van der Waals surface area contributed by atoms with Crippen molar-refractivity contribution in [1.29, 1.82) is 0 Å². The first-order valence-corrected chi connectivity index (χ1v) is 12.7. The van der Waals surface area contributed by atoms with E-state index in [-0.39, 0.29) is 15.6 Å². The SMILES string of the molecule is CC.Cc1nc(N2CCC3(CCOC3)CC2)cc(=O)n1-c1ccc(Oc2ccn(C)n2)c(Cl)c1Cl. The predicted octanol–water partition coefficient (Wildman–Crippen LogP) is 5.41. The van der Waals surface area contributed by atoms with Crippen LogP contribution in [0.5, 0.6) is 11.6 Å². The number of hydrogen-bond acceptors (Lipinski definition) is 6. The normalized spacial score (nSPS) is 16.8. The number of hydrogen-bond donors (Lipinski definition) is 0. The topological polar surface area (TPSA) is 74.4 Å². The highest BCUT2D eigenvalue weighted by molar-refractivity contribution is 6.44. The minimum Gasteiger partial charge on any atom is -0.436 e. The van der Waals surface area contributed by atoms with Gasteiger partial charge < -0.3 is 14.4 Å². The van der Waals surface area contributed by atoms with E-state index in [4.69, 9.17) is 37.7 Å². The van der Waals surface area contributed by atoms with Crippen LogP contribution < -0.4 is 15.2 Å². The lowest BCUT2D eigenvalue weighted by Gasteiger charge is -2.38. The lowest BCUT2D eigenvalue weighted by Crippen LogP contribution is -2.41. The van der Waals surface area contributed by atoms with E-state index in [2.05, 4.69) is 10.00 Å². The van der Waals surface area contributed by atoms with E-state index in [1.54, 1.807) is 49.1 Å². The van der Waals surface area contributed by atoms with Gasteiger partial charge >= 0.3 is 0 Å². The van der Waals surface area contributed by atoms with Gasteiger partial charge in [0, 0.05) is 45.1 Å². The summed E-state index contributed by atoms with van der Waals surface area (Å²) in [5, 5.41) is 4.60. The minimum atomic E-state index is -0.210. The van der Waals surface area contributed by atoms with E-state index in [0.717, 1.165) is 45.6 Å². The fraction of sp³-hybridized carbons (Fsp3) is 0.480. The van der Waals surface area contributed by atoms with Gasteiger partial charge in [0.25, 0.3) is 5.56 Å². The molecule has 10 heteroatoms. The molecule has 5 rings (SSSR count). The van der Waals surface area contributed by atoms with Crippen LogP contribution in [0.1, 0.15) is 38.9 Å². The van der Waals surface area contributed by atoms with Crippen molar-refractivity contribution in [3.8, 4) is 17.3 Å². The van der Waals surface area contributed by atoms with E-state index >= 15 is 0 Å². The zero-order valence-electron chi connectivity index (χ0n) is 20.6. The zero-order chi connectivity index (χ0) is 25.2. The molecule has 0 amide bonds. The molecule has 8 nitrogen and oxygen atoms in total. The summed E-state index contributed by atoms with van der Waals surface area (Å²) in [5.41, 5.74) is 0.541. The van der Waals surface area contributed by atoms with Gasteiger partial charge in [-0.1, -0.05) is 37.0 Å². The molecule has 3 aromatic rings. The number of nitrogens with zero attached hydrogens (tertiary/aromatic N) is 5. The molecule has 2 aliphatic rings. The average Bonchev–Trinajstić information content (AvgIpc) is 3.48.